The molecule has 1 heterocycles. The Morgan fingerprint density at radius 1 is 1.14 bits per heavy atom. The second-order valence-electron chi connectivity index (χ2n) is 8.92. The van der Waals surface area contributed by atoms with E-state index >= 15 is 0 Å². The predicted octanol–water partition coefficient (Wildman–Crippen LogP) is 4.08. The van der Waals surface area contributed by atoms with Gasteiger partial charge < -0.3 is 4.74 Å². The van der Waals surface area contributed by atoms with Gasteiger partial charge in [-0.25, -0.2) is 22.0 Å². The van der Waals surface area contributed by atoms with Crippen molar-refractivity contribution in [3.63, 3.8) is 0 Å². The van der Waals surface area contributed by atoms with Gasteiger partial charge in [-0.05, 0) is 61.6 Å². The minimum Gasteiger partial charge on any atom is -0.378 e. The van der Waals surface area contributed by atoms with Crippen molar-refractivity contribution in [1.29, 1.82) is 0 Å². The van der Waals surface area contributed by atoms with Crippen LogP contribution in [0.4, 0.5) is 13.2 Å². The average Bonchev–Trinajstić information content (AvgIpc) is 2.85. The van der Waals surface area contributed by atoms with E-state index in [1.54, 1.807) is 0 Å². The minimum atomic E-state index is -5.80. The Balaban J connectivity index is 1.92. The van der Waals surface area contributed by atoms with Crippen molar-refractivity contribution in [3.8, 4) is 0 Å². The standard InChI is InChI=1S/C24H31F3N2O5S3/c1-2-20-16-34-13-12-29(20)11-10-18(17-35-21-6-4-3-5-7-21)14-19-8-9-22(37(28,32)33)15-23(19)36(30,31)24(25,26)27/h3-9,15,18,20H,2,10-14,16-17H2,1H3,(H2,28,32,33)/t18-,20+/m0/s1. The van der Waals surface area contributed by atoms with Gasteiger partial charge in [0.2, 0.25) is 10.0 Å². The molecule has 13 heteroatoms. The molecular weight excluding hydrogens is 549 g/mol. The summed E-state index contributed by atoms with van der Waals surface area (Å²) in [4.78, 5) is 1.52. The van der Waals surface area contributed by atoms with Crippen molar-refractivity contribution in [3.05, 3.63) is 54.1 Å². The van der Waals surface area contributed by atoms with E-state index in [-0.39, 0.29) is 23.9 Å². The summed E-state index contributed by atoms with van der Waals surface area (Å²) in [6, 6.07) is 12.4. The molecule has 1 fully saturated rings. The molecule has 206 valence electrons. The molecule has 2 atom stereocenters. The Morgan fingerprint density at radius 3 is 2.46 bits per heavy atom. The van der Waals surface area contributed by atoms with Crippen LogP contribution < -0.4 is 5.14 Å². The first kappa shape index (κ1) is 29.9. The third-order valence-electron chi connectivity index (χ3n) is 6.34. The fourth-order valence-electron chi connectivity index (χ4n) is 4.25. The summed E-state index contributed by atoms with van der Waals surface area (Å²) in [5, 5.41) is 5.07. The maximum absolute atomic E-state index is 13.5. The summed E-state index contributed by atoms with van der Waals surface area (Å²) in [5.41, 5.74) is -5.67. The highest BCUT2D eigenvalue weighted by atomic mass is 32.2. The topological polar surface area (TPSA) is 107 Å². The van der Waals surface area contributed by atoms with Gasteiger partial charge in [-0.3, -0.25) is 4.90 Å². The molecule has 0 radical (unpaired) electrons. The molecule has 37 heavy (non-hydrogen) atoms. The molecule has 0 spiro atoms. The molecule has 2 N–H and O–H groups in total. The highest BCUT2D eigenvalue weighted by molar-refractivity contribution is 7.99. The SMILES string of the molecule is CC[C@@H]1COCCN1CC[C@H](CSc1ccccc1)Cc1ccc(S(N)(=O)=O)cc1S(=O)(=O)C(F)(F)F. The van der Waals surface area contributed by atoms with Crippen LogP contribution in [0.1, 0.15) is 25.3 Å². The Bertz CT molecular complexity index is 1260. The van der Waals surface area contributed by atoms with Crippen LogP contribution >= 0.6 is 11.8 Å². The number of primary sulfonamides is 1. The highest BCUT2D eigenvalue weighted by Gasteiger charge is 2.48. The Hall–Kier alpha value is -1.64. The lowest BCUT2D eigenvalue weighted by atomic mass is 9.97. The number of thioether (sulfide) groups is 1. The van der Waals surface area contributed by atoms with Crippen molar-refractivity contribution < 1.29 is 34.7 Å². The maximum atomic E-state index is 13.5. The summed E-state index contributed by atoms with van der Waals surface area (Å²) in [5.74, 6) is 0.348. The zero-order valence-corrected chi connectivity index (χ0v) is 22.8. The molecule has 1 saturated heterocycles. The first-order valence-electron chi connectivity index (χ1n) is 11.8. The molecule has 0 unspecified atom stereocenters. The fourth-order valence-corrected chi connectivity index (χ4v) is 6.95. The molecule has 0 bridgehead atoms. The van der Waals surface area contributed by atoms with Crippen LogP contribution in [0.15, 0.2) is 63.2 Å². The van der Waals surface area contributed by atoms with Crippen LogP contribution in [0.2, 0.25) is 0 Å². The molecule has 0 amide bonds. The third-order valence-corrected chi connectivity index (χ3v) is 10.1. The van der Waals surface area contributed by atoms with Gasteiger partial charge in [0.05, 0.1) is 23.0 Å². The van der Waals surface area contributed by atoms with Gasteiger partial charge in [0.25, 0.3) is 9.84 Å². The van der Waals surface area contributed by atoms with E-state index in [0.29, 0.717) is 38.0 Å². The van der Waals surface area contributed by atoms with E-state index in [1.807, 2.05) is 30.3 Å². The second-order valence-corrected chi connectivity index (χ2v) is 13.5. The lowest BCUT2D eigenvalue weighted by Gasteiger charge is -2.36. The van der Waals surface area contributed by atoms with Crippen molar-refractivity contribution in [2.75, 3.05) is 32.1 Å². The van der Waals surface area contributed by atoms with E-state index in [0.717, 1.165) is 30.0 Å². The molecule has 1 aliphatic heterocycles. The van der Waals surface area contributed by atoms with Crippen LogP contribution in [0.3, 0.4) is 0 Å². The van der Waals surface area contributed by atoms with Crippen LogP contribution in [-0.4, -0.2) is 65.3 Å². The van der Waals surface area contributed by atoms with E-state index in [9.17, 15) is 30.0 Å². The quantitative estimate of drug-likeness (QED) is 0.399. The predicted molar refractivity (Wildman–Crippen MR) is 137 cm³/mol. The van der Waals surface area contributed by atoms with Gasteiger partial charge >= 0.3 is 5.51 Å². The number of sulfonamides is 1. The zero-order valence-electron chi connectivity index (χ0n) is 20.4. The van der Waals surface area contributed by atoms with Crippen LogP contribution in [0.25, 0.3) is 0 Å². The van der Waals surface area contributed by atoms with Crippen LogP contribution in [0, 0.1) is 5.92 Å². The molecule has 2 aromatic rings. The number of alkyl halides is 3. The number of benzene rings is 2. The number of ether oxygens (including phenoxy) is 1. The summed E-state index contributed by atoms with van der Waals surface area (Å²) in [7, 11) is -10.2. The Labute approximate surface area is 220 Å². The molecule has 2 aromatic carbocycles. The van der Waals surface area contributed by atoms with Gasteiger partial charge in [-0.2, -0.15) is 13.2 Å². The zero-order chi connectivity index (χ0) is 27.3. The first-order chi connectivity index (χ1) is 17.3. The second kappa shape index (κ2) is 12.5. The van der Waals surface area contributed by atoms with Crippen molar-refractivity contribution in [2.45, 2.75) is 52.4 Å². The summed E-state index contributed by atoms with van der Waals surface area (Å²) >= 11 is 1.54. The molecule has 3 rings (SSSR count). The number of hydrogen-bond acceptors (Lipinski definition) is 7. The third kappa shape index (κ3) is 7.93. The number of rotatable bonds is 11. The number of morpholine rings is 1. The number of sulfone groups is 1. The highest BCUT2D eigenvalue weighted by Crippen LogP contribution is 2.35. The van der Waals surface area contributed by atoms with E-state index < -0.39 is 35.2 Å². The minimum absolute atomic E-state index is 0.0243. The van der Waals surface area contributed by atoms with E-state index in [2.05, 4.69) is 11.8 Å². The molecule has 0 aromatic heterocycles. The maximum Gasteiger partial charge on any atom is 0.501 e. The van der Waals surface area contributed by atoms with E-state index in [4.69, 9.17) is 9.88 Å². The number of nitrogens with two attached hydrogens (primary N) is 1. The fraction of sp³-hybridized carbons (Fsp3) is 0.500. The largest absolute Gasteiger partial charge is 0.501 e. The van der Waals surface area contributed by atoms with Crippen LogP contribution in [0.5, 0.6) is 0 Å². The van der Waals surface area contributed by atoms with Crippen LogP contribution in [-0.2, 0) is 31.0 Å². The Morgan fingerprint density at radius 2 is 1.84 bits per heavy atom. The lowest BCUT2D eigenvalue weighted by Crippen LogP contribution is -2.45. The van der Waals surface area contributed by atoms with Crippen molar-refractivity contribution in [2.24, 2.45) is 11.1 Å². The number of hydrogen-bond donors (Lipinski definition) is 1. The van der Waals surface area contributed by atoms with Gasteiger partial charge in [0.1, 0.15) is 0 Å². The molecular formula is C24H31F3N2O5S3. The molecule has 0 saturated carbocycles. The number of nitrogens with zero attached hydrogens (tertiary/aromatic N) is 1. The van der Waals surface area contributed by atoms with Gasteiger partial charge in [0.15, 0.2) is 0 Å². The van der Waals surface area contributed by atoms with E-state index in [1.165, 1.54) is 11.8 Å². The summed E-state index contributed by atoms with van der Waals surface area (Å²) in [6.45, 7) is 4.70. The summed E-state index contributed by atoms with van der Waals surface area (Å²) < 4.78 is 94.5. The molecule has 1 aliphatic rings. The van der Waals surface area contributed by atoms with Crippen molar-refractivity contribution >= 4 is 31.6 Å². The smallest absolute Gasteiger partial charge is 0.378 e. The number of halogens is 3. The Kier molecular flexibility index (Phi) is 10.1. The first-order valence-corrected chi connectivity index (χ1v) is 15.8. The van der Waals surface area contributed by atoms with Gasteiger partial charge in [0, 0.05) is 23.2 Å². The average molecular weight is 581 g/mol. The monoisotopic (exact) mass is 580 g/mol. The summed E-state index contributed by atoms with van der Waals surface area (Å²) in [6.07, 6.45) is 1.53. The molecule has 0 aliphatic carbocycles. The molecule has 7 nitrogen and oxygen atoms in total. The lowest BCUT2D eigenvalue weighted by molar-refractivity contribution is -0.0436. The normalized spacial score (nSPS) is 18.6. The van der Waals surface area contributed by atoms with Gasteiger partial charge in [-0.15, -0.1) is 11.8 Å². The van der Waals surface area contributed by atoms with Crippen molar-refractivity contribution in [1.82, 2.24) is 4.90 Å². The van der Waals surface area contributed by atoms with Gasteiger partial charge in [-0.1, -0.05) is 31.2 Å².